The second kappa shape index (κ2) is 8.66. The predicted octanol–water partition coefficient (Wildman–Crippen LogP) is 6.27. The lowest BCUT2D eigenvalue weighted by Gasteiger charge is -2.37. The summed E-state index contributed by atoms with van der Waals surface area (Å²) < 4.78 is 5.67. The molecule has 1 fully saturated rings. The Morgan fingerprint density at radius 1 is 0.818 bits per heavy atom. The quantitative estimate of drug-likeness (QED) is 0.497. The molecule has 4 heteroatoms. The van der Waals surface area contributed by atoms with Gasteiger partial charge in [0.25, 0.3) is 0 Å². The molecule has 1 aliphatic heterocycles. The molecule has 2 N–H and O–H groups in total. The van der Waals surface area contributed by atoms with Crippen LogP contribution in [-0.4, -0.2) is 41.4 Å². The fourth-order valence-electron chi connectivity index (χ4n) is 4.93. The van der Waals surface area contributed by atoms with Crippen LogP contribution in [0.4, 0.5) is 0 Å². The minimum absolute atomic E-state index is 0.150. The van der Waals surface area contributed by atoms with Crippen molar-refractivity contribution in [1.29, 1.82) is 0 Å². The first-order valence-corrected chi connectivity index (χ1v) is 11.9. The number of phenols is 2. The topological polar surface area (TPSA) is 52.9 Å². The van der Waals surface area contributed by atoms with E-state index in [9.17, 15) is 10.2 Å². The molecular weight excluding hydrogens is 410 g/mol. The zero-order valence-corrected chi connectivity index (χ0v) is 20.8. The second-order valence-electron chi connectivity index (χ2n) is 11.2. The van der Waals surface area contributed by atoms with Gasteiger partial charge in [0.1, 0.15) is 11.5 Å². The SMILES string of the molecule is CC(C)(C)c1cc(C(c2c(O)ccc3ccccc23)N2CCOCC2)cc(C(C)(C)C)c1O. The van der Waals surface area contributed by atoms with Gasteiger partial charge in [-0.05, 0) is 56.5 Å². The molecule has 1 unspecified atom stereocenters. The van der Waals surface area contributed by atoms with Crippen molar-refractivity contribution in [3.8, 4) is 11.5 Å². The number of morpholine rings is 1. The fraction of sp³-hybridized carbons (Fsp3) is 0.448. The molecule has 3 aromatic carbocycles. The maximum absolute atomic E-state index is 11.3. The van der Waals surface area contributed by atoms with Crippen molar-refractivity contribution in [2.24, 2.45) is 0 Å². The van der Waals surface area contributed by atoms with E-state index in [2.05, 4.69) is 70.7 Å². The van der Waals surface area contributed by atoms with Crippen molar-refractivity contribution in [1.82, 2.24) is 4.90 Å². The van der Waals surface area contributed by atoms with Gasteiger partial charge >= 0.3 is 0 Å². The zero-order chi connectivity index (χ0) is 24.0. The van der Waals surface area contributed by atoms with Crippen LogP contribution in [0.25, 0.3) is 10.8 Å². The van der Waals surface area contributed by atoms with E-state index >= 15 is 0 Å². The van der Waals surface area contributed by atoms with Crippen LogP contribution < -0.4 is 0 Å². The predicted molar refractivity (Wildman–Crippen MR) is 135 cm³/mol. The molecule has 1 atom stereocenters. The van der Waals surface area contributed by atoms with Crippen LogP contribution in [0, 0.1) is 0 Å². The third kappa shape index (κ3) is 4.60. The Kier molecular flexibility index (Phi) is 6.19. The van der Waals surface area contributed by atoms with Crippen molar-refractivity contribution in [2.75, 3.05) is 26.3 Å². The molecule has 1 heterocycles. The van der Waals surface area contributed by atoms with Crippen LogP contribution in [0.1, 0.15) is 69.8 Å². The van der Waals surface area contributed by atoms with Crippen LogP contribution in [0.2, 0.25) is 0 Å². The Bertz CT molecular complexity index is 1110. The molecule has 0 spiro atoms. The Morgan fingerprint density at radius 2 is 1.39 bits per heavy atom. The molecular formula is C29H37NO3. The minimum Gasteiger partial charge on any atom is -0.508 e. The van der Waals surface area contributed by atoms with Crippen molar-refractivity contribution in [2.45, 2.75) is 58.4 Å². The molecule has 1 saturated heterocycles. The molecule has 0 aromatic heterocycles. The summed E-state index contributed by atoms with van der Waals surface area (Å²) in [5.41, 5.74) is 3.43. The van der Waals surface area contributed by atoms with Gasteiger partial charge in [-0.1, -0.05) is 71.9 Å². The number of ether oxygens (including phenoxy) is 1. The van der Waals surface area contributed by atoms with Gasteiger partial charge < -0.3 is 14.9 Å². The summed E-state index contributed by atoms with van der Waals surface area (Å²) in [4.78, 5) is 2.40. The molecule has 0 radical (unpaired) electrons. The lowest BCUT2D eigenvalue weighted by Crippen LogP contribution is -2.40. The number of phenolic OH excluding ortho intramolecular Hbond substituents is 2. The van der Waals surface area contributed by atoms with Gasteiger partial charge in [-0.3, -0.25) is 4.90 Å². The molecule has 0 saturated carbocycles. The van der Waals surface area contributed by atoms with Gasteiger partial charge in [-0.25, -0.2) is 0 Å². The van der Waals surface area contributed by atoms with E-state index in [-0.39, 0.29) is 16.9 Å². The number of aromatic hydroxyl groups is 2. The summed E-state index contributed by atoms with van der Waals surface area (Å²) in [5, 5.41) is 24.6. The van der Waals surface area contributed by atoms with E-state index in [4.69, 9.17) is 4.74 Å². The fourth-order valence-corrected chi connectivity index (χ4v) is 4.93. The monoisotopic (exact) mass is 447 g/mol. The number of benzene rings is 3. The second-order valence-corrected chi connectivity index (χ2v) is 11.2. The van der Waals surface area contributed by atoms with Crippen LogP contribution in [0.5, 0.6) is 11.5 Å². The molecule has 0 aliphatic carbocycles. The molecule has 33 heavy (non-hydrogen) atoms. The summed E-state index contributed by atoms with van der Waals surface area (Å²) in [7, 11) is 0. The standard InChI is InChI=1S/C29H37NO3/c1-28(2,3)22-17-20(18-23(27(22)32)29(4,5)6)26(30-13-15-33-16-14-30)25-21-10-8-7-9-19(21)11-12-24(25)31/h7-12,17-18,26,31-32H,13-16H2,1-6H3. The van der Waals surface area contributed by atoms with Gasteiger partial charge in [0, 0.05) is 18.7 Å². The normalized spacial score (nSPS) is 16.8. The summed E-state index contributed by atoms with van der Waals surface area (Å²) in [6, 6.07) is 16.2. The lowest BCUT2D eigenvalue weighted by molar-refractivity contribution is 0.0237. The highest BCUT2D eigenvalue weighted by Gasteiger charge is 2.33. The highest BCUT2D eigenvalue weighted by molar-refractivity contribution is 5.88. The summed E-state index contributed by atoms with van der Waals surface area (Å²) in [6.07, 6.45) is 0. The average molecular weight is 448 g/mol. The molecule has 3 aromatic rings. The number of nitrogens with zero attached hydrogens (tertiary/aromatic N) is 1. The first-order valence-electron chi connectivity index (χ1n) is 11.9. The Hall–Kier alpha value is -2.56. The first kappa shape index (κ1) is 23.6. The maximum atomic E-state index is 11.3. The van der Waals surface area contributed by atoms with E-state index < -0.39 is 0 Å². The van der Waals surface area contributed by atoms with Crippen molar-refractivity contribution < 1.29 is 14.9 Å². The van der Waals surface area contributed by atoms with Gasteiger partial charge in [0.2, 0.25) is 0 Å². The average Bonchev–Trinajstić information content (AvgIpc) is 2.75. The summed E-state index contributed by atoms with van der Waals surface area (Å²) in [5.74, 6) is 0.675. The third-order valence-corrected chi connectivity index (χ3v) is 6.70. The van der Waals surface area contributed by atoms with Crippen LogP contribution in [0.15, 0.2) is 48.5 Å². The summed E-state index contributed by atoms with van der Waals surface area (Å²) >= 11 is 0. The van der Waals surface area contributed by atoms with E-state index in [0.717, 1.165) is 46.1 Å². The summed E-state index contributed by atoms with van der Waals surface area (Å²) in [6.45, 7) is 15.7. The Labute approximate surface area is 197 Å². The smallest absolute Gasteiger partial charge is 0.123 e. The number of rotatable bonds is 3. The molecule has 4 rings (SSSR count). The number of hydrogen-bond donors (Lipinski definition) is 2. The van der Waals surface area contributed by atoms with Gasteiger partial charge in [-0.2, -0.15) is 0 Å². The van der Waals surface area contributed by atoms with Gasteiger partial charge in [0.15, 0.2) is 0 Å². The molecule has 0 bridgehead atoms. The van der Waals surface area contributed by atoms with E-state index in [0.29, 0.717) is 24.7 Å². The van der Waals surface area contributed by atoms with Crippen LogP contribution in [0.3, 0.4) is 0 Å². The highest BCUT2D eigenvalue weighted by atomic mass is 16.5. The maximum Gasteiger partial charge on any atom is 0.123 e. The molecule has 1 aliphatic rings. The molecule has 176 valence electrons. The highest BCUT2D eigenvalue weighted by Crippen LogP contribution is 2.45. The Morgan fingerprint density at radius 3 is 1.97 bits per heavy atom. The van der Waals surface area contributed by atoms with Crippen LogP contribution >= 0.6 is 0 Å². The zero-order valence-electron chi connectivity index (χ0n) is 20.8. The minimum atomic E-state index is -0.226. The lowest BCUT2D eigenvalue weighted by atomic mass is 9.77. The number of hydrogen-bond acceptors (Lipinski definition) is 4. The van der Waals surface area contributed by atoms with Gasteiger partial charge in [0.05, 0.1) is 19.3 Å². The van der Waals surface area contributed by atoms with E-state index in [1.54, 1.807) is 6.07 Å². The van der Waals surface area contributed by atoms with Crippen LogP contribution in [-0.2, 0) is 15.6 Å². The third-order valence-electron chi connectivity index (χ3n) is 6.70. The van der Waals surface area contributed by atoms with Crippen molar-refractivity contribution >= 4 is 10.8 Å². The van der Waals surface area contributed by atoms with Crippen molar-refractivity contribution in [3.63, 3.8) is 0 Å². The van der Waals surface area contributed by atoms with Gasteiger partial charge in [-0.15, -0.1) is 0 Å². The first-order chi connectivity index (χ1) is 15.5. The molecule has 4 nitrogen and oxygen atoms in total. The van der Waals surface area contributed by atoms with E-state index in [1.807, 2.05) is 18.2 Å². The Balaban J connectivity index is 2.04. The molecule has 0 amide bonds. The van der Waals surface area contributed by atoms with E-state index in [1.165, 1.54) is 0 Å². The number of fused-ring (bicyclic) bond motifs is 1. The van der Waals surface area contributed by atoms with Crippen molar-refractivity contribution in [3.05, 3.63) is 70.8 Å². The largest absolute Gasteiger partial charge is 0.508 e.